The number of benzene rings is 2. The molecule has 2 aromatic carbocycles. The van der Waals surface area contributed by atoms with E-state index in [1.54, 1.807) is 19.1 Å². The fourth-order valence-electron chi connectivity index (χ4n) is 3.16. The number of nitrogens with two attached hydrogens (primary N) is 1. The van der Waals surface area contributed by atoms with E-state index in [2.05, 4.69) is 22.5 Å². The topological polar surface area (TPSA) is 121 Å². The summed E-state index contributed by atoms with van der Waals surface area (Å²) in [5.41, 5.74) is 10.4. The van der Waals surface area contributed by atoms with Crippen molar-refractivity contribution in [1.82, 2.24) is 4.90 Å². The van der Waals surface area contributed by atoms with Gasteiger partial charge in [-0.25, -0.2) is 4.79 Å². The molecule has 0 bridgehead atoms. The average Bonchev–Trinajstić information content (AvgIpc) is 2.78. The predicted molar refractivity (Wildman–Crippen MR) is 136 cm³/mol. The molecule has 2 aromatic rings. The maximum Gasteiger partial charge on any atom is 0.325 e. The summed E-state index contributed by atoms with van der Waals surface area (Å²) in [5.74, 6) is 5.87. The van der Waals surface area contributed by atoms with Gasteiger partial charge in [0.25, 0.3) is 0 Å². The van der Waals surface area contributed by atoms with Gasteiger partial charge in [0.2, 0.25) is 0 Å². The molecule has 5 N–H and O–H groups in total. The van der Waals surface area contributed by atoms with Crippen LogP contribution in [0.3, 0.4) is 0 Å². The number of aryl methyl sites for hydroxylation is 2. The van der Waals surface area contributed by atoms with Gasteiger partial charge in [0.05, 0.1) is 13.2 Å². The maximum absolute atomic E-state index is 12.8. The molecule has 0 aliphatic heterocycles. The number of amides is 2. The number of esters is 1. The lowest BCUT2D eigenvalue weighted by Gasteiger charge is -2.26. The van der Waals surface area contributed by atoms with Crippen LogP contribution < -0.4 is 16.4 Å². The number of anilines is 2. The lowest BCUT2D eigenvalue weighted by atomic mass is 10.0. The van der Waals surface area contributed by atoms with E-state index in [0.717, 1.165) is 22.4 Å². The summed E-state index contributed by atoms with van der Waals surface area (Å²) in [6.07, 6.45) is 0. The van der Waals surface area contributed by atoms with Crippen molar-refractivity contribution in [3.05, 3.63) is 58.7 Å². The SMILES string of the molecule is CCOC(=O)CN(C(=O)Nc1cc(C)c(C#CCNc2ccc(C(=N)N)cc2)cc1C)C(C)C. The van der Waals surface area contributed by atoms with E-state index in [-0.39, 0.29) is 31.1 Å². The van der Waals surface area contributed by atoms with E-state index < -0.39 is 5.97 Å². The molecule has 180 valence electrons. The largest absolute Gasteiger partial charge is 0.465 e. The number of amidine groups is 1. The number of nitrogen functional groups attached to an aromatic ring is 1. The number of hydrogen-bond donors (Lipinski definition) is 4. The molecule has 0 aliphatic carbocycles. The first kappa shape index (κ1) is 26.3. The molecule has 0 unspecified atom stereocenters. The highest BCUT2D eigenvalue weighted by Gasteiger charge is 2.21. The van der Waals surface area contributed by atoms with Crippen LogP contribution in [-0.4, -0.2) is 48.5 Å². The number of nitrogens with zero attached hydrogens (tertiary/aromatic N) is 1. The third-order valence-electron chi connectivity index (χ3n) is 5.10. The van der Waals surface area contributed by atoms with Gasteiger partial charge in [0.1, 0.15) is 12.4 Å². The van der Waals surface area contributed by atoms with Crippen molar-refractivity contribution in [2.45, 2.75) is 40.7 Å². The molecule has 0 saturated carbocycles. The zero-order valence-corrected chi connectivity index (χ0v) is 20.4. The standard InChI is InChI=1S/C26H33N5O3/c1-6-34-24(32)16-31(17(2)3)26(33)30-23-15-18(4)21(14-19(23)5)8-7-13-29-22-11-9-20(10-12-22)25(27)28/h9-12,14-15,17,29H,6,13,16H2,1-5H3,(H3,27,28)(H,30,33). The van der Waals surface area contributed by atoms with Crippen molar-refractivity contribution in [2.24, 2.45) is 5.73 Å². The smallest absolute Gasteiger partial charge is 0.325 e. The summed E-state index contributed by atoms with van der Waals surface area (Å²) in [6, 6.07) is 10.6. The molecule has 0 heterocycles. The van der Waals surface area contributed by atoms with E-state index in [4.69, 9.17) is 15.9 Å². The van der Waals surface area contributed by atoms with Crippen molar-refractivity contribution in [3.8, 4) is 11.8 Å². The molecule has 0 aliphatic rings. The Morgan fingerprint density at radius 1 is 1.15 bits per heavy atom. The Morgan fingerprint density at radius 2 is 1.82 bits per heavy atom. The second-order valence-electron chi connectivity index (χ2n) is 8.09. The number of carbonyl (C=O) groups excluding carboxylic acids is 2. The average molecular weight is 464 g/mol. The van der Waals surface area contributed by atoms with E-state index in [1.807, 2.05) is 52.0 Å². The van der Waals surface area contributed by atoms with Gasteiger partial charge in [-0.1, -0.05) is 11.8 Å². The van der Waals surface area contributed by atoms with Crippen LogP contribution in [0.2, 0.25) is 0 Å². The zero-order chi connectivity index (χ0) is 25.3. The van der Waals surface area contributed by atoms with E-state index in [1.165, 1.54) is 4.90 Å². The predicted octanol–water partition coefficient (Wildman–Crippen LogP) is 3.86. The summed E-state index contributed by atoms with van der Waals surface area (Å²) >= 11 is 0. The van der Waals surface area contributed by atoms with Crippen molar-refractivity contribution in [3.63, 3.8) is 0 Å². The van der Waals surface area contributed by atoms with E-state index in [0.29, 0.717) is 17.8 Å². The first-order valence-electron chi connectivity index (χ1n) is 11.1. The first-order chi connectivity index (χ1) is 16.1. The molecule has 8 heteroatoms. The molecule has 8 nitrogen and oxygen atoms in total. The van der Waals surface area contributed by atoms with Crippen LogP contribution in [0.4, 0.5) is 16.2 Å². The molecular formula is C26H33N5O3. The van der Waals surface area contributed by atoms with Gasteiger partial charge in [-0.3, -0.25) is 10.2 Å². The third kappa shape index (κ3) is 7.55. The fraction of sp³-hybridized carbons (Fsp3) is 0.346. The van der Waals surface area contributed by atoms with Crippen molar-refractivity contribution in [2.75, 3.05) is 30.3 Å². The van der Waals surface area contributed by atoms with Crippen LogP contribution >= 0.6 is 0 Å². The van der Waals surface area contributed by atoms with Crippen molar-refractivity contribution in [1.29, 1.82) is 5.41 Å². The molecule has 34 heavy (non-hydrogen) atoms. The highest BCUT2D eigenvalue weighted by molar-refractivity contribution is 5.95. The molecular weight excluding hydrogens is 430 g/mol. The molecule has 0 saturated heterocycles. The quantitative estimate of drug-likeness (QED) is 0.205. The fourth-order valence-corrected chi connectivity index (χ4v) is 3.16. The Morgan fingerprint density at radius 3 is 2.41 bits per heavy atom. The summed E-state index contributed by atoms with van der Waals surface area (Å²) < 4.78 is 4.98. The van der Waals surface area contributed by atoms with Gasteiger partial charge in [0, 0.05) is 28.5 Å². The summed E-state index contributed by atoms with van der Waals surface area (Å²) in [7, 11) is 0. The van der Waals surface area contributed by atoms with Crippen molar-refractivity contribution < 1.29 is 14.3 Å². The number of rotatable bonds is 8. The monoisotopic (exact) mass is 463 g/mol. The van der Waals surface area contributed by atoms with Crippen LogP contribution in [0.1, 0.15) is 43.0 Å². The van der Waals surface area contributed by atoms with Crippen LogP contribution in [0.15, 0.2) is 36.4 Å². The summed E-state index contributed by atoms with van der Waals surface area (Å²) in [4.78, 5) is 26.1. The Balaban J connectivity index is 2.04. The first-order valence-corrected chi connectivity index (χ1v) is 11.1. The second-order valence-corrected chi connectivity index (χ2v) is 8.09. The van der Waals surface area contributed by atoms with Gasteiger partial charge in [-0.05, 0) is 82.1 Å². The van der Waals surface area contributed by atoms with Crippen LogP contribution in [0.25, 0.3) is 0 Å². The minimum atomic E-state index is -0.437. The normalized spacial score (nSPS) is 10.2. The Kier molecular flexibility index (Phi) is 9.50. The van der Waals surface area contributed by atoms with Crippen molar-refractivity contribution >= 4 is 29.2 Å². The lowest BCUT2D eigenvalue weighted by Crippen LogP contribution is -2.43. The number of hydrogen-bond acceptors (Lipinski definition) is 5. The Labute approximate surface area is 201 Å². The van der Waals surface area contributed by atoms with Gasteiger partial charge in [-0.2, -0.15) is 0 Å². The van der Waals surface area contributed by atoms with Gasteiger partial charge < -0.3 is 26.0 Å². The minimum absolute atomic E-state index is 0.0349. The summed E-state index contributed by atoms with van der Waals surface area (Å²) in [6.45, 7) is 9.89. The Bertz CT molecular complexity index is 1100. The van der Waals surface area contributed by atoms with Crippen LogP contribution in [0.5, 0.6) is 0 Å². The third-order valence-corrected chi connectivity index (χ3v) is 5.10. The minimum Gasteiger partial charge on any atom is -0.465 e. The highest BCUT2D eigenvalue weighted by atomic mass is 16.5. The molecule has 0 spiro atoms. The zero-order valence-electron chi connectivity index (χ0n) is 20.4. The number of urea groups is 1. The molecule has 0 fully saturated rings. The molecule has 0 atom stereocenters. The number of ether oxygens (including phenoxy) is 1. The van der Waals surface area contributed by atoms with Gasteiger partial charge in [-0.15, -0.1) is 0 Å². The van der Waals surface area contributed by atoms with E-state index >= 15 is 0 Å². The second kappa shape index (κ2) is 12.3. The number of carbonyl (C=O) groups is 2. The van der Waals surface area contributed by atoms with E-state index in [9.17, 15) is 9.59 Å². The van der Waals surface area contributed by atoms with Gasteiger partial charge in [0.15, 0.2) is 0 Å². The summed E-state index contributed by atoms with van der Waals surface area (Å²) in [5, 5.41) is 13.5. The molecule has 2 amide bonds. The lowest BCUT2D eigenvalue weighted by molar-refractivity contribution is -0.144. The number of nitrogens with one attached hydrogen (secondary N) is 3. The maximum atomic E-state index is 12.8. The Hall–Kier alpha value is -3.99. The molecule has 0 aromatic heterocycles. The van der Waals surface area contributed by atoms with Gasteiger partial charge >= 0.3 is 12.0 Å². The van der Waals surface area contributed by atoms with Crippen LogP contribution in [-0.2, 0) is 9.53 Å². The molecule has 2 rings (SSSR count). The highest BCUT2D eigenvalue weighted by Crippen LogP contribution is 2.21. The van der Waals surface area contributed by atoms with Crippen LogP contribution in [0, 0.1) is 31.1 Å². The molecule has 0 radical (unpaired) electrons.